The molecule has 0 amide bonds. The number of pyridine rings is 1. The van der Waals surface area contributed by atoms with E-state index in [0.717, 1.165) is 42.4 Å². The number of aliphatic imine (C=N–C) groups is 1. The molecule has 2 aromatic heterocycles. The number of nitrogens with one attached hydrogen (secondary N) is 2. The van der Waals surface area contributed by atoms with Crippen LogP contribution in [-0.2, 0) is 13.1 Å². The molecule has 0 aromatic carbocycles. The molecule has 152 valence electrons. The van der Waals surface area contributed by atoms with Crippen LogP contribution in [0.5, 0.6) is 5.88 Å². The van der Waals surface area contributed by atoms with E-state index in [9.17, 15) is 0 Å². The van der Waals surface area contributed by atoms with Gasteiger partial charge in [0.05, 0.1) is 18.8 Å². The van der Waals surface area contributed by atoms with Crippen LogP contribution in [0.15, 0.2) is 33.9 Å². The Balaban J connectivity index is 1.43. The SMILES string of the molecule is CCC(CC)c1cc(CNC(=NC)NCc2ccc(OCC3CC3)nc2)on1. The number of guanidine groups is 1. The molecule has 0 atom stereocenters. The molecule has 2 aromatic rings. The van der Waals surface area contributed by atoms with Gasteiger partial charge in [-0.05, 0) is 37.2 Å². The summed E-state index contributed by atoms with van der Waals surface area (Å²) < 4.78 is 11.1. The highest BCUT2D eigenvalue weighted by Crippen LogP contribution is 2.29. The molecule has 0 unspecified atom stereocenters. The first-order valence-electron chi connectivity index (χ1n) is 10.2. The number of ether oxygens (including phenoxy) is 1. The third-order valence-corrected chi connectivity index (χ3v) is 5.06. The van der Waals surface area contributed by atoms with Crippen LogP contribution in [0.1, 0.15) is 62.5 Å². The minimum absolute atomic E-state index is 0.457. The zero-order valence-corrected chi connectivity index (χ0v) is 17.1. The molecule has 0 saturated heterocycles. The highest BCUT2D eigenvalue weighted by Gasteiger charge is 2.22. The van der Waals surface area contributed by atoms with Crippen molar-refractivity contribution in [2.45, 2.75) is 58.5 Å². The molecule has 3 rings (SSSR count). The molecule has 0 bridgehead atoms. The normalized spacial score (nSPS) is 14.4. The maximum absolute atomic E-state index is 5.67. The van der Waals surface area contributed by atoms with Crippen LogP contribution in [0.3, 0.4) is 0 Å². The summed E-state index contributed by atoms with van der Waals surface area (Å²) in [7, 11) is 1.75. The predicted octanol–water partition coefficient (Wildman–Crippen LogP) is 3.63. The van der Waals surface area contributed by atoms with E-state index in [0.29, 0.717) is 30.8 Å². The minimum atomic E-state index is 0.457. The summed E-state index contributed by atoms with van der Waals surface area (Å²) in [6.45, 7) is 6.30. The lowest BCUT2D eigenvalue weighted by molar-refractivity contribution is 0.288. The molecule has 1 aliphatic carbocycles. The molecule has 2 heterocycles. The second kappa shape index (κ2) is 10.1. The van der Waals surface area contributed by atoms with Crippen LogP contribution in [0, 0.1) is 5.92 Å². The molecular weight excluding hydrogens is 354 g/mol. The molecular formula is C21H31N5O2. The fraction of sp³-hybridized carbons (Fsp3) is 0.571. The molecule has 7 nitrogen and oxygen atoms in total. The largest absolute Gasteiger partial charge is 0.477 e. The van der Waals surface area contributed by atoms with Gasteiger partial charge in [0.15, 0.2) is 11.7 Å². The van der Waals surface area contributed by atoms with Crippen molar-refractivity contribution in [1.29, 1.82) is 0 Å². The average Bonchev–Trinajstić information content (AvgIpc) is 3.45. The van der Waals surface area contributed by atoms with E-state index in [-0.39, 0.29) is 0 Å². The van der Waals surface area contributed by atoms with Gasteiger partial charge in [0.2, 0.25) is 5.88 Å². The number of hydrogen-bond donors (Lipinski definition) is 2. The van der Waals surface area contributed by atoms with Crippen molar-refractivity contribution < 1.29 is 9.26 Å². The number of hydrogen-bond acceptors (Lipinski definition) is 5. The van der Waals surface area contributed by atoms with Gasteiger partial charge in [-0.3, -0.25) is 4.99 Å². The predicted molar refractivity (Wildman–Crippen MR) is 109 cm³/mol. The molecule has 1 aliphatic rings. The maximum atomic E-state index is 5.67. The van der Waals surface area contributed by atoms with Gasteiger partial charge in [0.25, 0.3) is 0 Å². The van der Waals surface area contributed by atoms with Crippen molar-refractivity contribution in [1.82, 2.24) is 20.8 Å². The first-order chi connectivity index (χ1) is 13.7. The Labute approximate surface area is 167 Å². The van der Waals surface area contributed by atoms with Gasteiger partial charge in [-0.25, -0.2) is 4.98 Å². The lowest BCUT2D eigenvalue weighted by Crippen LogP contribution is -2.36. The molecule has 1 fully saturated rings. The van der Waals surface area contributed by atoms with E-state index >= 15 is 0 Å². The quantitative estimate of drug-likeness (QED) is 0.480. The van der Waals surface area contributed by atoms with E-state index in [1.165, 1.54) is 12.8 Å². The zero-order valence-electron chi connectivity index (χ0n) is 17.1. The maximum Gasteiger partial charge on any atom is 0.213 e. The van der Waals surface area contributed by atoms with Crippen LogP contribution < -0.4 is 15.4 Å². The third kappa shape index (κ3) is 5.97. The van der Waals surface area contributed by atoms with Gasteiger partial charge in [-0.15, -0.1) is 0 Å². The van der Waals surface area contributed by atoms with Crippen molar-refractivity contribution in [3.8, 4) is 5.88 Å². The molecule has 1 saturated carbocycles. The van der Waals surface area contributed by atoms with Gasteiger partial charge in [-0.1, -0.05) is 25.1 Å². The highest BCUT2D eigenvalue weighted by atomic mass is 16.5. The summed E-state index contributed by atoms with van der Waals surface area (Å²) in [5.74, 6) is 3.39. The second-order valence-electron chi connectivity index (χ2n) is 7.27. The van der Waals surface area contributed by atoms with E-state index in [4.69, 9.17) is 9.26 Å². The fourth-order valence-corrected chi connectivity index (χ4v) is 2.98. The molecule has 7 heteroatoms. The summed E-state index contributed by atoms with van der Waals surface area (Å²) in [6, 6.07) is 5.97. The lowest BCUT2D eigenvalue weighted by atomic mass is 9.99. The Kier molecular flexibility index (Phi) is 7.28. The molecule has 2 N–H and O–H groups in total. The summed E-state index contributed by atoms with van der Waals surface area (Å²) in [6.07, 6.45) is 6.53. The van der Waals surface area contributed by atoms with Gasteiger partial charge in [0.1, 0.15) is 0 Å². The number of rotatable bonds is 10. The molecule has 0 aliphatic heterocycles. The van der Waals surface area contributed by atoms with Gasteiger partial charge >= 0.3 is 0 Å². The molecule has 0 radical (unpaired) electrons. The van der Waals surface area contributed by atoms with E-state index in [2.05, 4.69) is 39.6 Å². The van der Waals surface area contributed by atoms with E-state index in [1.807, 2.05) is 24.4 Å². The first kappa shape index (κ1) is 20.2. The Morgan fingerprint density at radius 2 is 2.04 bits per heavy atom. The van der Waals surface area contributed by atoms with Crippen molar-refractivity contribution in [3.63, 3.8) is 0 Å². The summed E-state index contributed by atoms with van der Waals surface area (Å²) in [5.41, 5.74) is 2.09. The summed E-state index contributed by atoms with van der Waals surface area (Å²) in [4.78, 5) is 8.62. The van der Waals surface area contributed by atoms with Crippen molar-refractivity contribution >= 4 is 5.96 Å². The molecule has 28 heavy (non-hydrogen) atoms. The Hall–Kier alpha value is -2.57. The van der Waals surface area contributed by atoms with Crippen molar-refractivity contribution in [2.75, 3.05) is 13.7 Å². The monoisotopic (exact) mass is 385 g/mol. The van der Waals surface area contributed by atoms with Gasteiger partial charge in [0, 0.05) is 37.8 Å². The van der Waals surface area contributed by atoms with Crippen molar-refractivity contribution in [3.05, 3.63) is 41.4 Å². The second-order valence-corrected chi connectivity index (χ2v) is 7.27. The minimum Gasteiger partial charge on any atom is -0.477 e. The first-order valence-corrected chi connectivity index (χ1v) is 10.2. The third-order valence-electron chi connectivity index (χ3n) is 5.06. The van der Waals surface area contributed by atoms with Crippen LogP contribution in [0.4, 0.5) is 0 Å². The fourth-order valence-electron chi connectivity index (χ4n) is 2.98. The van der Waals surface area contributed by atoms with Crippen molar-refractivity contribution in [2.24, 2.45) is 10.9 Å². The zero-order chi connectivity index (χ0) is 19.8. The van der Waals surface area contributed by atoms with E-state index in [1.54, 1.807) is 7.05 Å². The Morgan fingerprint density at radius 1 is 1.25 bits per heavy atom. The summed E-state index contributed by atoms with van der Waals surface area (Å²) >= 11 is 0. The van der Waals surface area contributed by atoms with Crippen LogP contribution in [0.25, 0.3) is 0 Å². The number of nitrogens with zero attached hydrogens (tertiary/aromatic N) is 3. The van der Waals surface area contributed by atoms with Crippen LogP contribution in [-0.4, -0.2) is 29.8 Å². The van der Waals surface area contributed by atoms with Crippen LogP contribution >= 0.6 is 0 Å². The molecule has 0 spiro atoms. The smallest absolute Gasteiger partial charge is 0.213 e. The van der Waals surface area contributed by atoms with E-state index < -0.39 is 0 Å². The Bertz CT molecular complexity index is 748. The van der Waals surface area contributed by atoms with Gasteiger partial charge < -0.3 is 19.9 Å². The standard InChI is InChI=1S/C21H31N5O2/c1-4-17(5-2)19-10-18(28-26-19)13-25-21(22-3)24-12-16-8-9-20(23-11-16)27-14-15-6-7-15/h8-11,15,17H,4-7,12-14H2,1-3H3,(H2,22,24,25). The topological polar surface area (TPSA) is 84.6 Å². The Morgan fingerprint density at radius 3 is 2.68 bits per heavy atom. The average molecular weight is 386 g/mol. The number of aromatic nitrogens is 2. The van der Waals surface area contributed by atoms with Crippen LogP contribution in [0.2, 0.25) is 0 Å². The highest BCUT2D eigenvalue weighted by molar-refractivity contribution is 5.79. The lowest BCUT2D eigenvalue weighted by Gasteiger charge is -2.11. The van der Waals surface area contributed by atoms with Gasteiger partial charge in [-0.2, -0.15) is 0 Å². The summed E-state index contributed by atoms with van der Waals surface area (Å²) in [5, 5.41) is 10.7.